The Morgan fingerprint density at radius 2 is 0.619 bits per heavy atom. The smallest absolute Gasteiger partial charge is 0.164 e. The fourth-order valence-electron chi connectivity index (χ4n) is 13.6. The molecule has 1 unspecified atom stereocenters. The highest BCUT2D eigenvalue weighted by molar-refractivity contribution is 6.13. The number of pyridine rings is 1. The lowest BCUT2D eigenvalue weighted by molar-refractivity contribution is 0.434. The lowest BCUT2D eigenvalue weighted by Crippen LogP contribution is -2.34. The van der Waals surface area contributed by atoms with Crippen molar-refractivity contribution in [1.82, 2.24) is 49.8 Å². The van der Waals surface area contributed by atoms with Crippen LogP contribution in [-0.4, -0.2) is 62.5 Å². The van der Waals surface area contributed by atoms with Crippen LogP contribution in [0.25, 0.3) is 147 Å². The molecule has 0 aliphatic carbocycles. The average molecular weight is 1350 g/mol. The molecule has 0 bridgehead atoms. The van der Waals surface area contributed by atoms with Gasteiger partial charge in [0, 0.05) is 86.2 Å². The lowest BCUT2D eigenvalue weighted by atomic mass is 9.89. The molecule has 1 aliphatic rings. The zero-order valence-electron chi connectivity index (χ0n) is 56.9. The predicted molar refractivity (Wildman–Crippen MR) is 420 cm³/mol. The summed E-state index contributed by atoms with van der Waals surface area (Å²) in [5.41, 5.74) is 22.2. The Balaban J connectivity index is 0.784. The van der Waals surface area contributed by atoms with Crippen LogP contribution in [0.1, 0.15) is 33.9 Å². The Kier molecular flexibility index (Phi) is 17.5. The molecule has 0 fully saturated rings. The third-order valence-electron chi connectivity index (χ3n) is 18.7. The third kappa shape index (κ3) is 13.3. The van der Waals surface area contributed by atoms with E-state index < -0.39 is 0 Å². The number of likely N-dealkylation sites (N-methyl/N-ethyl adjacent to an activating group) is 1. The van der Waals surface area contributed by atoms with Gasteiger partial charge in [-0.2, -0.15) is 5.26 Å². The van der Waals surface area contributed by atoms with Crippen molar-refractivity contribution < 1.29 is 0 Å². The van der Waals surface area contributed by atoms with E-state index in [-0.39, 0.29) is 6.04 Å². The standard InChI is InChI=1S/C93H62N12/c1-105-86(66-31-12-4-13-32-66)85(98-84(65-51-49-62(50-52-65)79-48-25-53-95-60-79)87(105)75-44-24-47-78(58-75)93-100-88(67-33-14-5-15-34-67)99-89(101-93)68-35-16-6-17-36-68)74-43-21-39-70(55-74)71-40-22-45-76(56-71)91-102-90(69-37-18-7-19-38-69)103-92(104-91)77-46-23-42-73(57-77)83-82(72-41-20-26-61(54-72)59-94)96-80(63-27-8-2-9-28-63)81(97-83)64-29-10-3-11-30-64/h2-58,60,86H,1H3. The van der Waals surface area contributed by atoms with E-state index in [1.54, 1.807) is 12.3 Å². The minimum absolute atomic E-state index is 0.345. The summed E-state index contributed by atoms with van der Waals surface area (Å²) in [5, 5.41) is 10.2. The van der Waals surface area contributed by atoms with Crippen molar-refractivity contribution in [2.75, 3.05) is 7.05 Å². The first-order valence-electron chi connectivity index (χ1n) is 34.7. The molecule has 17 rings (SSSR count). The number of aromatic nitrogens is 9. The molecule has 12 heteroatoms. The van der Waals surface area contributed by atoms with Crippen molar-refractivity contribution >= 4 is 17.1 Å². The maximum Gasteiger partial charge on any atom is 0.164 e. The van der Waals surface area contributed by atoms with Crippen molar-refractivity contribution in [2.24, 2.45) is 4.99 Å². The van der Waals surface area contributed by atoms with Crippen molar-refractivity contribution in [3.05, 3.63) is 380 Å². The van der Waals surface area contributed by atoms with Gasteiger partial charge in [-0.15, -0.1) is 0 Å². The molecule has 0 saturated heterocycles. The van der Waals surface area contributed by atoms with Gasteiger partial charge in [-0.05, 0) is 75.8 Å². The van der Waals surface area contributed by atoms with Crippen molar-refractivity contribution in [1.29, 1.82) is 5.26 Å². The number of nitrogens with zero attached hydrogens (tertiary/aromatic N) is 12. The van der Waals surface area contributed by atoms with Crippen LogP contribution in [0.5, 0.6) is 0 Å². The average Bonchev–Trinajstić information content (AvgIpc) is 0.755. The number of nitriles is 1. The number of benzene rings is 12. The van der Waals surface area contributed by atoms with Crippen molar-refractivity contribution in [3.63, 3.8) is 0 Å². The molecule has 494 valence electrons. The molecule has 4 aromatic heterocycles. The molecule has 5 heterocycles. The summed E-state index contributed by atoms with van der Waals surface area (Å²) in [7, 11) is 2.17. The second-order valence-corrected chi connectivity index (χ2v) is 25.5. The number of rotatable bonds is 16. The summed E-state index contributed by atoms with van der Waals surface area (Å²) in [6.07, 6.45) is 3.68. The van der Waals surface area contributed by atoms with Gasteiger partial charge in [0.05, 0.1) is 57.6 Å². The van der Waals surface area contributed by atoms with E-state index >= 15 is 0 Å². The van der Waals surface area contributed by atoms with Gasteiger partial charge in [0.2, 0.25) is 0 Å². The van der Waals surface area contributed by atoms with Gasteiger partial charge in [-0.25, -0.2) is 44.9 Å². The monoisotopic (exact) mass is 1350 g/mol. The molecule has 16 aromatic rings. The highest BCUT2D eigenvalue weighted by atomic mass is 15.2. The summed E-state index contributed by atoms with van der Waals surface area (Å²) in [6.45, 7) is 0. The summed E-state index contributed by atoms with van der Waals surface area (Å²) in [5.74, 6) is 3.23. The van der Waals surface area contributed by atoms with Gasteiger partial charge >= 0.3 is 0 Å². The van der Waals surface area contributed by atoms with Gasteiger partial charge < -0.3 is 4.90 Å². The minimum Gasteiger partial charge on any atom is -0.360 e. The van der Waals surface area contributed by atoms with E-state index in [0.29, 0.717) is 51.9 Å². The highest BCUT2D eigenvalue weighted by Gasteiger charge is 2.34. The Labute approximate surface area is 608 Å². The number of hydrogen-bond donors (Lipinski definition) is 0. The third-order valence-corrected chi connectivity index (χ3v) is 18.7. The maximum absolute atomic E-state index is 10.2. The maximum atomic E-state index is 10.2. The van der Waals surface area contributed by atoms with E-state index in [2.05, 4.69) is 175 Å². The Hall–Kier alpha value is -14.4. The molecule has 105 heavy (non-hydrogen) atoms. The van der Waals surface area contributed by atoms with Gasteiger partial charge in [-0.3, -0.25) is 4.98 Å². The van der Waals surface area contributed by atoms with Crippen molar-refractivity contribution in [3.8, 4) is 142 Å². The van der Waals surface area contributed by atoms with E-state index in [1.165, 1.54) is 0 Å². The van der Waals surface area contributed by atoms with Crippen LogP contribution in [-0.2, 0) is 0 Å². The molecule has 0 saturated carbocycles. The van der Waals surface area contributed by atoms with Crippen LogP contribution in [0.3, 0.4) is 0 Å². The molecule has 0 N–H and O–H groups in total. The van der Waals surface area contributed by atoms with Gasteiger partial charge in [0.25, 0.3) is 0 Å². The Bertz CT molecular complexity index is 5920. The molecule has 12 aromatic carbocycles. The molecule has 1 aliphatic heterocycles. The van der Waals surface area contributed by atoms with Crippen LogP contribution >= 0.6 is 0 Å². The number of aliphatic imine (C=N–C) groups is 1. The topological polar surface area (TPSA) is 155 Å². The van der Waals surface area contributed by atoms with Crippen LogP contribution in [0, 0.1) is 11.3 Å². The second kappa shape index (κ2) is 28.7. The zero-order valence-corrected chi connectivity index (χ0v) is 56.9. The van der Waals surface area contributed by atoms with Crippen molar-refractivity contribution in [2.45, 2.75) is 6.04 Å². The van der Waals surface area contributed by atoms with E-state index in [4.69, 9.17) is 44.9 Å². The molecular weight excluding hydrogens is 1290 g/mol. The Morgan fingerprint density at radius 3 is 1.09 bits per heavy atom. The van der Waals surface area contributed by atoms with Gasteiger partial charge in [0.1, 0.15) is 0 Å². The van der Waals surface area contributed by atoms with E-state index in [0.717, 1.165) is 129 Å². The fraction of sp³-hybridized carbons (Fsp3) is 0.0215. The number of hydrogen-bond acceptors (Lipinski definition) is 12. The Morgan fingerprint density at radius 1 is 0.276 bits per heavy atom. The largest absolute Gasteiger partial charge is 0.360 e. The van der Waals surface area contributed by atoms with Crippen LogP contribution < -0.4 is 0 Å². The van der Waals surface area contributed by atoms with Gasteiger partial charge in [-0.1, -0.05) is 297 Å². The molecule has 1 atom stereocenters. The van der Waals surface area contributed by atoms with Crippen LogP contribution in [0.15, 0.2) is 357 Å². The predicted octanol–water partition coefficient (Wildman–Crippen LogP) is 21.1. The first-order valence-corrected chi connectivity index (χ1v) is 34.7. The zero-order chi connectivity index (χ0) is 70.4. The van der Waals surface area contributed by atoms with Gasteiger partial charge in [0.15, 0.2) is 34.9 Å². The first kappa shape index (κ1) is 64.0. The highest BCUT2D eigenvalue weighted by Crippen LogP contribution is 2.45. The SMILES string of the molecule is CN1C(c2cccc(-c3nc(-c4ccccc4)nc(-c4ccccc4)n3)c2)=C(c2ccc(-c3cccnc3)cc2)N=C(c2cccc(-c3cccc(-c4nc(-c5ccccc5)nc(-c5cccc(-c6nc(-c7ccccc7)c(-c7ccccc7)nc6-c6cccc(C#N)c6)c5)n4)c3)c2)C1c1ccccc1. The van der Waals surface area contributed by atoms with Crippen LogP contribution in [0.4, 0.5) is 0 Å². The molecule has 0 amide bonds. The summed E-state index contributed by atoms with van der Waals surface area (Å²) < 4.78 is 0. The van der Waals surface area contributed by atoms with Crippen LogP contribution in [0.2, 0.25) is 0 Å². The molecule has 12 nitrogen and oxygen atoms in total. The minimum atomic E-state index is -0.345. The molecule has 0 radical (unpaired) electrons. The van der Waals surface area contributed by atoms with E-state index in [1.807, 2.05) is 188 Å². The second-order valence-electron chi connectivity index (χ2n) is 25.5. The normalized spacial score (nSPS) is 12.7. The fourth-order valence-corrected chi connectivity index (χ4v) is 13.6. The summed E-state index contributed by atoms with van der Waals surface area (Å²) in [6, 6.07) is 117. The molecular formula is C93H62N12. The van der Waals surface area contributed by atoms with E-state index in [9.17, 15) is 5.26 Å². The summed E-state index contributed by atoms with van der Waals surface area (Å²) >= 11 is 0. The summed E-state index contributed by atoms with van der Waals surface area (Å²) in [4.78, 5) is 54.9. The first-order chi connectivity index (χ1) is 51.9. The lowest BCUT2D eigenvalue weighted by Gasteiger charge is -2.38. The molecule has 0 spiro atoms. The quantitative estimate of drug-likeness (QED) is 0.0907.